The van der Waals surface area contributed by atoms with Gasteiger partial charge in [-0.25, -0.2) is 0 Å². The predicted molar refractivity (Wildman–Crippen MR) is 87.3 cm³/mol. The van der Waals surface area contributed by atoms with Crippen LogP contribution in [0.4, 0.5) is 0 Å². The molecular formula is C17H20N2O4. The van der Waals surface area contributed by atoms with E-state index in [0.29, 0.717) is 17.3 Å². The molecule has 0 fully saturated rings. The average molecular weight is 316 g/mol. The highest BCUT2D eigenvalue weighted by molar-refractivity contribution is 5.82. The SMILES string of the molecule is CCCC(CNC(=O)Cn1ccc(=O)c2ccccc21)C(=O)O. The van der Waals surface area contributed by atoms with Crippen LogP contribution in [0.3, 0.4) is 0 Å². The molecule has 2 aromatic rings. The molecule has 122 valence electrons. The fourth-order valence-corrected chi connectivity index (χ4v) is 2.51. The first kappa shape index (κ1) is 16.7. The zero-order valence-electron chi connectivity index (χ0n) is 13.0. The molecule has 1 atom stereocenters. The van der Waals surface area contributed by atoms with E-state index in [2.05, 4.69) is 5.32 Å². The number of pyridine rings is 1. The first-order chi connectivity index (χ1) is 11.0. The number of nitrogens with one attached hydrogen (secondary N) is 1. The van der Waals surface area contributed by atoms with E-state index < -0.39 is 11.9 Å². The van der Waals surface area contributed by atoms with Crippen LogP contribution in [0.1, 0.15) is 19.8 Å². The molecule has 1 unspecified atom stereocenters. The lowest BCUT2D eigenvalue weighted by molar-refractivity contribution is -0.141. The number of nitrogens with zero attached hydrogens (tertiary/aromatic N) is 1. The van der Waals surface area contributed by atoms with Crippen molar-refractivity contribution in [3.8, 4) is 0 Å². The van der Waals surface area contributed by atoms with Crippen LogP contribution in [-0.4, -0.2) is 28.1 Å². The van der Waals surface area contributed by atoms with E-state index in [-0.39, 0.29) is 24.4 Å². The number of carboxylic acids is 1. The first-order valence-electron chi connectivity index (χ1n) is 7.60. The number of fused-ring (bicyclic) bond motifs is 1. The Morgan fingerprint density at radius 1 is 1.26 bits per heavy atom. The minimum Gasteiger partial charge on any atom is -0.481 e. The molecule has 2 rings (SSSR count). The number of rotatable bonds is 7. The number of carbonyl (C=O) groups excluding carboxylic acids is 1. The summed E-state index contributed by atoms with van der Waals surface area (Å²) in [6.07, 6.45) is 2.85. The quantitative estimate of drug-likeness (QED) is 0.812. The van der Waals surface area contributed by atoms with E-state index in [1.807, 2.05) is 6.92 Å². The summed E-state index contributed by atoms with van der Waals surface area (Å²) < 4.78 is 1.68. The topological polar surface area (TPSA) is 88.4 Å². The fraction of sp³-hybridized carbons (Fsp3) is 0.353. The number of benzene rings is 1. The van der Waals surface area contributed by atoms with Gasteiger partial charge in [-0.05, 0) is 18.6 Å². The number of carbonyl (C=O) groups is 2. The summed E-state index contributed by atoms with van der Waals surface area (Å²) in [6.45, 7) is 2.06. The Balaban J connectivity index is 2.08. The summed E-state index contributed by atoms with van der Waals surface area (Å²) in [5.41, 5.74) is 0.588. The number of aromatic nitrogens is 1. The maximum absolute atomic E-state index is 12.1. The molecule has 1 aromatic carbocycles. The summed E-state index contributed by atoms with van der Waals surface area (Å²) in [6, 6.07) is 8.50. The van der Waals surface area contributed by atoms with E-state index in [9.17, 15) is 14.4 Å². The molecule has 0 aliphatic rings. The number of carboxylic acid groups (broad SMARTS) is 1. The molecule has 0 bridgehead atoms. The van der Waals surface area contributed by atoms with Crippen LogP contribution >= 0.6 is 0 Å². The van der Waals surface area contributed by atoms with Gasteiger partial charge in [0.1, 0.15) is 6.54 Å². The standard InChI is InChI=1S/C17H20N2O4/c1-2-5-12(17(22)23)10-18-16(21)11-19-9-8-15(20)13-6-3-4-7-14(13)19/h3-4,6-9,12H,2,5,10-11H2,1H3,(H,18,21)(H,22,23). The maximum atomic E-state index is 12.1. The van der Waals surface area contributed by atoms with Gasteiger partial charge >= 0.3 is 5.97 Å². The van der Waals surface area contributed by atoms with E-state index >= 15 is 0 Å². The second kappa shape index (κ2) is 7.58. The van der Waals surface area contributed by atoms with Crippen molar-refractivity contribution < 1.29 is 14.7 Å². The number of hydrogen-bond donors (Lipinski definition) is 2. The molecule has 0 radical (unpaired) electrons. The molecule has 6 nitrogen and oxygen atoms in total. The van der Waals surface area contributed by atoms with E-state index in [1.165, 1.54) is 6.07 Å². The summed E-state index contributed by atoms with van der Waals surface area (Å²) in [7, 11) is 0. The largest absolute Gasteiger partial charge is 0.481 e. The third kappa shape index (κ3) is 4.18. The lowest BCUT2D eigenvalue weighted by Gasteiger charge is -2.14. The molecule has 0 saturated heterocycles. The first-order valence-corrected chi connectivity index (χ1v) is 7.60. The van der Waals surface area contributed by atoms with Crippen LogP contribution in [0, 0.1) is 5.92 Å². The minimum absolute atomic E-state index is 0.0409. The van der Waals surface area contributed by atoms with Gasteiger partial charge in [-0.1, -0.05) is 25.5 Å². The fourth-order valence-electron chi connectivity index (χ4n) is 2.51. The minimum atomic E-state index is -0.902. The van der Waals surface area contributed by atoms with Gasteiger partial charge < -0.3 is 15.0 Å². The van der Waals surface area contributed by atoms with Gasteiger partial charge in [-0.3, -0.25) is 14.4 Å². The van der Waals surface area contributed by atoms with Crippen molar-refractivity contribution >= 4 is 22.8 Å². The monoisotopic (exact) mass is 316 g/mol. The van der Waals surface area contributed by atoms with Crippen LogP contribution < -0.4 is 10.7 Å². The van der Waals surface area contributed by atoms with Gasteiger partial charge in [0.15, 0.2) is 5.43 Å². The van der Waals surface area contributed by atoms with Gasteiger partial charge in [-0.2, -0.15) is 0 Å². The molecular weight excluding hydrogens is 296 g/mol. The van der Waals surface area contributed by atoms with Crippen LogP contribution in [-0.2, 0) is 16.1 Å². The molecule has 1 heterocycles. The molecule has 1 amide bonds. The van der Waals surface area contributed by atoms with Crippen molar-refractivity contribution in [3.63, 3.8) is 0 Å². The average Bonchev–Trinajstić information content (AvgIpc) is 2.54. The molecule has 1 aromatic heterocycles. The van der Waals surface area contributed by atoms with E-state index in [4.69, 9.17) is 5.11 Å². The smallest absolute Gasteiger partial charge is 0.308 e. The third-order valence-electron chi connectivity index (χ3n) is 3.73. The van der Waals surface area contributed by atoms with Crippen molar-refractivity contribution in [2.75, 3.05) is 6.54 Å². The van der Waals surface area contributed by atoms with Crippen molar-refractivity contribution in [2.45, 2.75) is 26.3 Å². The van der Waals surface area contributed by atoms with Crippen LogP contribution in [0.2, 0.25) is 0 Å². The molecule has 6 heteroatoms. The Labute approximate surface area is 133 Å². The number of para-hydroxylation sites is 1. The van der Waals surface area contributed by atoms with Gasteiger partial charge in [-0.15, -0.1) is 0 Å². The van der Waals surface area contributed by atoms with E-state index in [0.717, 1.165) is 6.42 Å². The second-order valence-corrected chi connectivity index (χ2v) is 5.45. The lowest BCUT2D eigenvalue weighted by atomic mass is 10.0. The third-order valence-corrected chi connectivity index (χ3v) is 3.73. The number of hydrogen-bond acceptors (Lipinski definition) is 3. The Kier molecular flexibility index (Phi) is 5.51. The van der Waals surface area contributed by atoms with Gasteiger partial charge in [0, 0.05) is 24.2 Å². The predicted octanol–water partition coefficient (Wildman–Crippen LogP) is 1.62. The summed E-state index contributed by atoms with van der Waals surface area (Å²) in [5.74, 6) is -1.75. The molecule has 0 saturated carbocycles. The summed E-state index contributed by atoms with van der Waals surface area (Å²) >= 11 is 0. The number of amides is 1. The Bertz CT molecular complexity index is 767. The van der Waals surface area contributed by atoms with Crippen LogP contribution in [0.5, 0.6) is 0 Å². The molecule has 2 N–H and O–H groups in total. The lowest BCUT2D eigenvalue weighted by Crippen LogP contribution is -2.35. The Hall–Kier alpha value is -2.63. The highest BCUT2D eigenvalue weighted by Gasteiger charge is 2.17. The molecule has 0 aliphatic carbocycles. The molecule has 0 spiro atoms. The van der Waals surface area contributed by atoms with Crippen LogP contribution in [0.15, 0.2) is 41.3 Å². The second-order valence-electron chi connectivity index (χ2n) is 5.45. The van der Waals surface area contributed by atoms with Crippen molar-refractivity contribution in [1.29, 1.82) is 0 Å². The molecule has 0 aliphatic heterocycles. The highest BCUT2D eigenvalue weighted by Crippen LogP contribution is 2.09. The van der Waals surface area contributed by atoms with Gasteiger partial charge in [0.25, 0.3) is 0 Å². The Morgan fingerprint density at radius 3 is 2.70 bits per heavy atom. The normalized spacial score (nSPS) is 12.0. The zero-order valence-corrected chi connectivity index (χ0v) is 13.0. The van der Waals surface area contributed by atoms with Gasteiger partial charge in [0.05, 0.1) is 11.4 Å². The van der Waals surface area contributed by atoms with Gasteiger partial charge in [0.2, 0.25) is 5.91 Å². The summed E-state index contributed by atoms with van der Waals surface area (Å²) in [5, 5.41) is 12.3. The van der Waals surface area contributed by atoms with Crippen molar-refractivity contribution in [3.05, 3.63) is 46.8 Å². The highest BCUT2D eigenvalue weighted by atomic mass is 16.4. The van der Waals surface area contributed by atoms with Crippen molar-refractivity contribution in [2.24, 2.45) is 5.92 Å². The Morgan fingerprint density at radius 2 is 2.00 bits per heavy atom. The van der Waals surface area contributed by atoms with Crippen LogP contribution in [0.25, 0.3) is 10.9 Å². The zero-order chi connectivity index (χ0) is 16.8. The number of aliphatic carboxylic acids is 1. The maximum Gasteiger partial charge on any atom is 0.308 e. The van der Waals surface area contributed by atoms with E-state index in [1.54, 1.807) is 35.0 Å². The summed E-state index contributed by atoms with van der Waals surface area (Å²) in [4.78, 5) is 35.0. The van der Waals surface area contributed by atoms with Crippen molar-refractivity contribution in [1.82, 2.24) is 9.88 Å². The molecule has 23 heavy (non-hydrogen) atoms.